The van der Waals surface area contributed by atoms with Gasteiger partial charge >= 0.3 is 0 Å². The van der Waals surface area contributed by atoms with E-state index in [1.165, 1.54) is 23.5 Å². The lowest BCUT2D eigenvalue weighted by Gasteiger charge is -2.13. The number of nitrogens with one attached hydrogen (secondary N) is 1. The predicted octanol–water partition coefficient (Wildman–Crippen LogP) is 2.28. The van der Waals surface area contributed by atoms with Gasteiger partial charge in [-0.2, -0.15) is 0 Å². The van der Waals surface area contributed by atoms with E-state index in [0.29, 0.717) is 0 Å². The van der Waals surface area contributed by atoms with Crippen molar-refractivity contribution in [3.63, 3.8) is 0 Å². The lowest BCUT2D eigenvalue weighted by atomic mass is 10.3. The van der Waals surface area contributed by atoms with Crippen molar-refractivity contribution in [2.45, 2.75) is 17.9 Å². The van der Waals surface area contributed by atoms with E-state index in [1.54, 1.807) is 6.92 Å². The molecule has 9 heteroatoms. The number of hydrogen-bond donors (Lipinski definition) is 2. The van der Waals surface area contributed by atoms with Gasteiger partial charge in [0.2, 0.25) is 10.0 Å². The molecule has 0 saturated heterocycles. The summed E-state index contributed by atoms with van der Waals surface area (Å²) < 4.78 is 27.0. The zero-order valence-corrected chi connectivity index (χ0v) is 12.6. The topological polar surface area (TPSA) is 115 Å². The predicted molar refractivity (Wildman–Crippen MR) is 80.6 cm³/mol. The van der Waals surface area contributed by atoms with Crippen LogP contribution in [0.15, 0.2) is 40.6 Å². The van der Waals surface area contributed by atoms with Gasteiger partial charge in [0.25, 0.3) is 5.69 Å². The summed E-state index contributed by atoms with van der Waals surface area (Å²) in [5.41, 5.74) is 4.95. The number of nitrogens with two attached hydrogens (primary N) is 1. The van der Waals surface area contributed by atoms with Crippen LogP contribution in [0.1, 0.15) is 17.8 Å². The number of nitro benzene ring substituents is 1. The highest BCUT2D eigenvalue weighted by molar-refractivity contribution is 7.89. The van der Waals surface area contributed by atoms with Crippen molar-refractivity contribution in [3.05, 3.63) is 50.7 Å². The summed E-state index contributed by atoms with van der Waals surface area (Å²) in [7, 11) is -3.86. The van der Waals surface area contributed by atoms with Gasteiger partial charge in [-0.3, -0.25) is 10.1 Å². The Hall–Kier alpha value is -1.97. The largest absolute Gasteiger partial charge is 0.393 e. The SMILES string of the molecule is CC(NS(=O)(=O)c1ccc(N)c([N+](=O)[O-])c1)c1cccs1. The summed E-state index contributed by atoms with van der Waals surface area (Å²) in [6.07, 6.45) is 0. The summed E-state index contributed by atoms with van der Waals surface area (Å²) in [4.78, 5) is 10.8. The van der Waals surface area contributed by atoms with E-state index < -0.39 is 26.7 Å². The van der Waals surface area contributed by atoms with E-state index in [4.69, 9.17) is 5.73 Å². The van der Waals surface area contributed by atoms with Crippen LogP contribution < -0.4 is 10.5 Å². The molecule has 2 rings (SSSR count). The molecule has 112 valence electrons. The maximum Gasteiger partial charge on any atom is 0.293 e. The number of hydrogen-bond acceptors (Lipinski definition) is 6. The molecule has 1 aromatic heterocycles. The fourth-order valence-electron chi connectivity index (χ4n) is 1.75. The fourth-order valence-corrected chi connectivity index (χ4v) is 3.80. The van der Waals surface area contributed by atoms with Crippen LogP contribution in [0.2, 0.25) is 0 Å². The summed E-state index contributed by atoms with van der Waals surface area (Å²) in [5.74, 6) is 0. The highest BCUT2D eigenvalue weighted by atomic mass is 32.2. The van der Waals surface area contributed by atoms with E-state index >= 15 is 0 Å². The third kappa shape index (κ3) is 3.38. The van der Waals surface area contributed by atoms with Crippen molar-refractivity contribution in [2.75, 3.05) is 5.73 Å². The van der Waals surface area contributed by atoms with Crippen molar-refractivity contribution >= 4 is 32.7 Å². The molecule has 0 saturated carbocycles. The molecule has 0 radical (unpaired) electrons. The monoisotopic (exact) mass is 327 g/mol. The summed E-state index contributed by atoms with van der Waals surface area (Å²) in [6, 6.07) is 6.61. The van der Waals surface area contributed by atoms with Gasteiger partial charge in [-0.05, 0) is 30.5 Å². The molecule has 0 bridgehead atoms. The van der Waals surface area contributed by atoms with E-state index in [9.17, 15) is 18.5 Å². The number of nitro groups is 1. The molecule has 7 nitrogen and oxygen atoms in total. The lowest BCUT2D eigenvalue weighted by molar-refractivity contribution is -0.384. The number of rotatable bonds is 5. The molecule has 0 spiro atoms. The minimum Gasteiger partial charge on any atom is -0.393 e. The second kappa shape index (κ2) is 5.80. The van der Waals surface area contributed by atoms with Crippen molar-refractivity contribution in [1.29, 1.82) is 0 Å². The van der Waals surface area contributed by atoms with Crippen LogP contribution in [-0.4, -0.2) is 13.3 Å². The Morgan fingerprint density at radius 1 is 1.38 bits per heavy atom. The maximum absolute atomic E-state index is 12.3. The molecule has 2 aromatic rings. The highest BCUT2D eigenvalue weighted by Crippen LogP contribution is 2.26. The molecule has 0 aliphatic carbocycles. The first-order chi connectivity index (χ1) is 9.81. The molecule has 0 amide bonds. The van der Waals surface area contributed by atoms with Gasteiger partial charge in [0.05, 0.1) is 15.9 Å². The van der Waals surface area contributed by atoms with Gasteiger partial charge in [-0.15, -0.1) is 11.3 Å². The van der Waals surface area contributed by atoms with Gasteiger partial charge in [0, 0.05) is 10.9 Å². The van der Waals surface area contributed by atoms with E-state index in [0.717, 1.165) is 10.9 Å². The van der Waals surface area contributed by atoms with Gasteiger partial charge in [0.15, 0.2) is 0 Å². The van der Waals surface area contributed by atoms with Crippen molar-refractivity contribution in [2.24, 2.45) is 0 Å². The molecule has 1 atom stereocenters. The Balaban J connectivity index is 2.32. The third-order valence-corrected chi connectivity index (χ3v) is 5.40. The molecule has 1 heterocycles. The number of nitrogen functional groups attached to an aromatic ring is 1. The first-order valence-corrected chi connectivity index (χ1v) is 8.27. The van der Waals surface area contributed by atoms with Crippen LogP contribution in [0.5, 0.6) is 0 Å². The van der Waals surface area contributed by atoms with E-state index in [2.05, 4.69) is 4.72 Å². The maximum atomic E-state index is 12.3. The average Bonchev–Trinajstić information content (AvgIpc) is 2.92. The Labute approximate surface area is 125 Å². The summed E-state index contributed by atoms with van der Waals surface area (Å²) >= 11 is 1.42. The highest BCUT2D eigenvalue weighted by Gasteiger charge is 2.22. The van der Waals surface area contributed by atoms with Gasteiger partial charge in [-0.25, -0.2) is 13.1 Å². The van der Waals surface area contributed by atoms with E-state index in [-0.39, 0.29) is 10.6 Å². The van der Waals surface area contributed by atoms with Crippen LogP contribution in [0.3, 0.4) is 0 Å². The zero-order chi connectivity index (χ0) is 15.6. The van der Waals surface area contributed by atoms with E-state index in [1.807, 2.05) is 17.5 Å². The first-order valence-electron chi connectivity index (χ1n) is 5.91. The van der Waals surface area contributed by atoms with Crippen LogP contribution in [0, 0.1) is 10.1 Å². The van der Waals surface area contributed by atoms with Crippen LogP contribution in [0.4, 0.5) is 11.4 Å². The lowest BCUT2D eigenvalue weighted by Crippen LogP contribution is -2.26. The smallest absolute Gasteiger partial charge is 0.293 e. The molecule has 3 N–H and O–H groups in total. The molecular formula is C12H13N3O4S2. The Morgan fingerprint density at radius 2 is 2.10 bits per heavy atom. The molecule has 0 aliphatic heterocycles. The fraction of sp³-hybridized carbons (Fsp3) is 0.167. The molecule has 21 heavy (non-hydrogen) atoms. The zero-order valence-electron chi connectivity index (χ0n) is 11.0. The van der Waals surface area contributed by atoms with Gasteiger partial charge < -0.3 is 5.73 Å². The van der Waals surface area contributed by atoms with Crippen LogP contribution >= 0.6 is 11.3 Å². The summed E-state index contributed by atoms with van der Waals surface area (Å²) in [6.45, 7) is 1.70. The van der Waals surface area contributed by atoms with Crippen LogP contribution in [-0.2, 0) is 10.0 Å². The third-order valence-electron chi connectivity index (χ3n) is 2.81. The molecule has 0 fully saturated rings. The second-order valence-electron chi connectivity index (χ2n) is 4.34. The molecule has 0 aliphatic rings. The number of thiophene rings is 1. The number of anilines is 1. The normalized spacial score (nSPS) is 13.0. The molecular weight excluding hydrogens is 314 g/mol. The van der Waals surface area contributed by atoms with Crippen molar-refractivity contribution in [1.82, 2.24) is 4.72 Å². The Bertz CT molecular complexity index is 757. The Morgan fingerprint density at radius 3 is 2.67 bits per heavy atom. The molecule has 1 aromatic carbocycles. The minimum atomic E-state index is -3.86. The Kier molecular flexibility index (Phi) is 4.26. The average molecular weight is 327 g/mol. The minimum absolute atomic E-state index is 0.0785. The van der Waals surface area contributed by atoms with Crippen molar-refractivity contribution < 1.29 is 13.3 Å². The number of sulfonamides is 1. The van der Waals surface area contributed by atoms with Gasteiger partial charge in [0.1, 0.15) is 5.69 Å². The quantitative estimate of drug-likeness (QED) is 0.496. The number of nitrogens with zero attached hydrogens (tertiary/aromatic N) is 1. The second-order valence-corrected chi connectivity index (χ2v) is 7.03. The van der Waals surface area contributed by atoms with Gasteiger partial charge in [-0.1, -0.05) is 6.07 Å². The summed E-state index contributed by atoms with van der Waals surface area (Å²) in [5, 5.41) is 12.7. The number of benzene rings is 1. The first kappa shape index (κ1) is 15.4. The molecule has 1 unspecified atom stereocenters. The van der Waals surface area contributed by atoms with Crippen molar-refractivity contribution in [3.8, 4) is 0 Å². The standard InChI is InChI=1S/C12H13N3O4S2/c1-8(12-3-2-6-20-12)14-21(18,19)9-4-5-10(13)11(7-9)15(16)17/h2-8,14H,13H2,1H3. The van der Waals surface area contributed by atoms with Crippen LogP contribution in [0.25, 0.3) is 0 Å².